The molecule has 6 nitrogen and oxygen atoms in total. The molecule has 2 rings (SSSR count). The second-order valence-electron chi connectivity index (χ2n) is 3.30. The fourth-order valence-corrected chi connectivity index (χ4v) is 1.73. The van der Waals surface area contributed by atoms with Crippen LogP contribution in [0, 0.1) is 11.3 Å². The van der Waals surface area contributed by atoms with Crippen LogP contribution >= 0.6 is 0 Å². The molecule has 1 aromatic heterocycles. The molecule has 0 bridgehead atoms. The molecule has 1 aliphatic rings. The molecule has 6 heteroatoms. The highest BCUT2D eigenvalue weighted by Crippen LogP contribution is 2.29. The number of hydrogen-bond donors (Lipinski definition) is 0. The van der Waals surface area contributed by atoms with Crippen molar-refractivity contribution in [2.24, 2.45) is 0 Å². The number of ether oxygens (including phenoxy) is 1. The number of carbonyl (C=O) groups excluding carboxylic acids is 1. The lowest BCUT2D eigenvalue weighted by Gasteiger charge is -2.09. The summed E-state index contributed by atoms with van der Waals surface area (Å²) >= 11 is 0. The number of nitrogens with zero attached hydrogens (tertiary/aromatic N) is 4. The molecule has 2 heterocycles. The minimum atomic E-state index is -0.145. The molecule has 0 N–H and O–H groups in total. The Labute approximate surface area is 86.4 Å². The molecule has 1 atom stereocenters. The van der Waals surface area contributed by atoms with Gasteiger partial charge < -0.3 is 4.74 Å². The molecule has 0 aliphatic carbocycles. The fraction of sp³-hybridized carbons (Fsp3) is 0.556. The molecule has 1 aromatic rings. The molecule has 0 amide bonds. The van der Waals surface area contributed by atoms with Crippen molar-refractivity contribution in [1.29, 1.82) is 5.26 Å². The van der Waals surface area contributed by atoms with Crippen LogP contribution in [0.15, 0.2) is 0 Å². The van der Waals surface area contributed by atoms with Gasteiger partial charge in [-0.15, -0.1) is 5.10 Å². The van der Waals surface area contributed by atoms with Gasteiger partial charge in [0.2, 0.25) is 0 Å². The van der Waals surface area contributed by atoms with Crippen molar-refractivity contribution in [3.05, 3.63) is 11.4 Å². The highest BCUT2D eigenvalue weighted by Gasteiger charge is 2.26. The van der Waals surface area contributed by atoms with Crippen molar-refractivity contribution < 1.29 is 9.53 Å². The Bertz CT molecular complexity index is 401. The van der Waals surface area contributed by atoms with Crippen LogP contribution in [-0.2, 0) is 11.3 Å². The number of hydrogen-bond acceptors (Lipinski definition) is 5. The van der Waals surface area contributed by atoms with E-state index < -0.39 is 0 Å². The van der Waals surface area contributed by atoms with E-state index in [9.17, 15) is 4.79 Å². The van der Waals surface area contributed by atoms with Crippen LogP contribution in [0.25, 0.3) is 0 Å². The van der Waals surface area contributed by atoms with E-state index in [0.29, 0.717) is 18.6 Å². The zero-order chi connectivity index (χ0) is 10.7. The molecule has 15 heavy (non-hydrogen) atoms. The van der Waals surface area contributed by atoms with Crippen LogP contribution < -0.4 is 0 Å². The van der Waals surface area contributed by atoms with Gasteiger partial charge in [-0.25, -0.2) is 4.68 Å². The third kappa shape index (κ3) is 1.74. The molecule has 1 saturated heterocycles. The molecule has 0 saturated carbocycles. The second-order valence-corrected chi connectivity index (χ2v) is 3.30. The lowest BCUT2D eigenvalue weighted by molar-refractivity contribution is 0.101. The van der Waals surface area contributed by atoms with Gasteiger partial charge in [-0.05, 0) is 12.8 Å². The van der Waals surface area contributed by atoms with E-state index in [-0.39, 0.29) is 18.3 Å². The smallest absolute Gasteiger partial charge is 0.172 e. The Morgan fingerprint density at radius 3 is 3.20 bits per heavy atom. The first-order chi connectivity index (χ1) is 7.36. The summed E-state index contributed by atoms with van der Waals surface area (Å²) < 4.78 is 6.89. The van der Waals surface area contributed by atoms with Crippen LogP contribution in [0.4, 0.5) is 0 Å². The summed E-state index contributed by atoms with van der Waals surface area (Å²) in [5.41, 5.74) is 0.904. The lowest BCUT2D eigenvalue weighted by Crippen LogP contribution is -2.09. The van der Waals surface area contributed by atoms with Crippen LogP contribution in [0.5, 0.6) is 0 Å². The van der Waals surface area contributed by atoms with Gasteiger partial charge >= 0.3 is 0 Å². The van der Waals surface area contributed by atoms with Gasteiger partial charge in [-0.1, -0.05) is 5.21 Å². The molecule has 1 fully saturated rings. The number of aldehydes is 1. The second kappa shape index (κ2) is 4.19. The van der Waals surface area contributed by atoms with Gasteiger partial charge in [0.15, 0.2) is 12.0 Å². The topological polar surface area (TPSA) is 80.8 Å². The van der Waals surface area contributed by atoms with Gasteiger partial charge in [0.25, 0.3) is 0 Å². The number of aromatic nitrogens is 3. The molecule has 1 aliphatic heterocycles. The number of rotatable bonds is 3. The van der Waals surface area contributed by atoms with Crippen molar-refractivity contribution in [2.45, 2.75) is 25.5 Å². The average molecular weight is 206 g/mol. The van der Waals surface area contributed by atoms with Crippen molar-refractivity contribution in [3.8, 4) is 6.07 Å². The van der Waals surface area contributed by atoms with Crippen molar-refractivity contribution in [3.63, 3.8) is 0 Å². The van der Waals surface area contributed by atoms with Crippen molar-refractivity contribution >= 4 is 6.29 Å². The maximum absolute atomic E-state index is 10.7. The van der Waals surface area contributed by atoms with Gasteiger partial charge in [0, 0.05) is 6.61 Å². The first-order valence-corrected chi connectivity index (χ1v) is 4.74. The molecular formula is C9H10N4O2. The Kier molecular flexibility index (Phi) is 2.74. The van der Waals surface area contributed by atoms with Crippen LogP contribution in [0.1, 0.15) is 35.1 Å². The van der Waals surface area contributed by atoms with E-state index in [1.165, 1.54) is 4.68 Å². The summed E-state index contributed by atoms with van der Waals surface area (Å²) in [7, 11) is 0. The quantitative estimate of drug-likeness (QED) is 0.671. The summed E-state index contributed by atoms with van der Waals surface area (Å²) in [5.74, 6) is 0. The van der Waals surface area contributed by atoms with Crippen molar-refractivity contribution in [2.75, 3.05) is 6.61 Å². The first kappa shape index (κ1) is 9.80. The minimum absolute atomic E-state index is 0.0933. The molecule has 0 radical (unpaired) electrons. The maximum Gasteiger partial charge on any atom is 0.172 e. The van der Waals surface area contributed by atoms with Gasteiger partial charge in [-0.2, -0.15) is 5.26 Å². The predicted octanol–water partition coefficient (Wildman–Crippen LogP) is 0.466. The van der Waals surface area contributed by atoms with Crippen LogP contribution in [-0.4, -0.2) is 27.9 Å². The molecule has 78 valence electrons. The van der Waals surface area contributed by atoms with E-state index in [1.807, 2.05) is 6.07 Å². The van der Waals surface area contributed by atoms with Gasteiger partial charge in [0.05, 0.1) is 11.8 Å². The predicted molar refractivity (Wildman–Crippen MR) is 48.9 cm³/mol. The van der Waals surface area contributed by atoms with Crippen LogP contribution in [0.3, 0.4) is 0 Å². The summed E-state index contributed by atoms with van der Waals surface area (Å²) in [4.78, 5) is 10.7. The summed E-state index contributed by atoms with van der Waals surface area (Å²) in [6, 6.07) is 1.97. The highest BCUT2D eigenvalue weighted by atomic mass is 16.5. The Hall–Kier alpha value is -1.74. The standard InChI is InChI=1S/C9H10N4O2/c10-3-4-13-9(7(6-14)11-12-13)8-2-1-5-15-8/h6,8H,1-2,4-5H2. The van der Waals surface area contributed by atoms with E-state index in [4.69, 9.17) is 10.00 Å². The molecule has 1 unspecified atom stereocenters. The first-order valence-electron chi connectivity index (χ1n) is 4.74. The van der Waals surface area contributed by atoms with E-state index >= 15 is 0 Å². The van der Waals surface area contributed by atoms with Crippen LogP contribution in [0.2, 0.25) is 0 Å². The third-order valence-corrected chi connectivity index (χ3v) is 2.37. The Morgan fingerprint density at radius 1 is 1.73 bits per heavy atom. The SMILES string of the molecule is N#CCn1nnc(C=O)c1C1CCCO1. The molecule has 0 aromatic carbocycles. The van der Waals surface area contributed by atoms with Gasteiger partial charge in [-0.3, -0.25) is 4.79 Å². The normalized spacial score (nSPS) is 20.1. The van der Waals surface area contributed by atoms with E-state index in [2.05, 4.69) is 10.3 Å². The fourth-order valence-electron chi connectivity index (χ4n) is 1.73. The zero-order valence-corrected chi connectivity index (χ0v) is 8.09. The molecular weight excluding hydrogens is 196 g/mol. The maximum atomic E-state index is 10.7. The Morgan fingerprint density at radius 2 is 2.60 bits per heavy atom. The summed E-state index contributed by atoms with van der Waals surface area (Å²) in [6.07, 6.45) is 2.31. The number of nitriles is 1. The summed E-state index contributed by atoms with van der Waals surface area (Å²) in [5, 5.41) is 16.1. The number of carbonyl (C=O) groups is 1. The Balaban J connectivity index is 2.36. The highest BCUT2D eigenvalue weighted by molar-refractivity contribution is 5.73. The zero-order valence-electron chi connectivity index (χ0n) is 8.09. The monoisotopic (exact) mass is 206 g/mol. The minimum Gasteiger partial charge on any atom is -0.372 e. The van der Waals surface area contributed by atoms with E-state index in [0.717, 1.165) is 12.8 Å². The molecule has 0 spiro atoms. The third-order valence-electron chi connectivity index (χ3n) is 2.37. The van der Waals surface area contributed by atoms with Crippen molar-refractivity contribution in [1.82, 2.24) is 15.0 Å². The summed E-state index contributed by atoms with van der Waals surface area (Å²) in [6.45, 7) is 0.775. The van der Waals surface area contributed by atoms with E-state index in [1.54, 1.807) is 0 Å². The average Bonchev–Trinajstić information content (AvgIpc) is 2.85. The lowest BCUT2D eigenvalue weighted by atomic mass is 10.1. The van der Waals surface area contributed by atoms with Gasteiger partial charge in [0.1, 0.15) is 12.6 Å². The largest absolute Gasteiger partial charge is 0.372 e.